The molecule has 0 unspecified atom stereocenters. The lowest BCUT2D eigenvalue weighted by Crippen LogP contribution is -2.78. The summed E-state index contributed by atoms with van der Waals surface area (Å²) in [6.07, 6.45) is 8.03. The number of methoxy groups -OCH3 is 1. The summed E-state index contributed by atoms with van der Waals surface area (Å²) in [6, 6.07) is 5.99. The van der Waals surface area contributed by atoms with E-state index in [0.29, 0.717) is 31.1 Å². The summed E-state index contributed by atoms with van der Waals surface area (Å²) in [5, 5.41) is 14.7. The van der Waals surface area contributed by atoms with Crippen molar-refractivity contribution in [1.29, 1.82) is 0 Å². The van der Waals surface area contributed by atoms with Gasteiger partial charge in [-0.1, -0.05) is 26.0 Å². The van der Waals surface area contributed by atoms with Crippen LogP contribution in [0.1, 0.15) is 49.1 Å². The predicted octanol–water partition coefficient (Wildman–Crippen LogP) is 5.43. The van der Waals surface area contributed by atoms with Gasteiger partial charge in [0, 0.05) is 45.5 Å². The summed E-state index contributed by atoms with van der Waals surface area (Å²) < 4.78 is 13.7. The van der Waals surface area contributed by atoms with Gasteiger partial charge in [-0.25, -0.2) is 0 Å². The molecule has 2 aliphatic heterocycles. The Morgan fingerprint density at radius 3 is 2.92 bits per heavy atom. The number of amides is 1. The monoisotopic (exact) mass is 612 g/mol. The molecule has 1 saturated heterocycles. The van der Waals surface area contributed by atoms with E-state index in [1.54, 1.807) is 24.5 Å². The molecule has 5 atom stereocenters. The lowest BCUT2D eigenvalue weighted by molar-refractivity contribution is -0.199. The maximum atomic E-state index is 13.9. The van der Waals surface area contributed by atoms with Gasteiger partial charge in [0.15, 0.2) is 11.5 Å². The van der Waals surface area contributed by atoms with E-state index < -0.39 is 11.0 Å². The van der Waals surface area contributed by atoms with E-state index in [2.05, 4.69) is 47.3 Å². The minimum absolute atomic E-state index is 0.0109. The highest BCUT2D eigenvalue weighted by atomic mass is 79.9. The van der Waals surface area contributed by atoms with Gasteiger partial charge in [0.25, 0.3) is 0 Å². The maximum Gasteiger partial charge on any atom is 0.246 e. The quantitative estimate of drug-likeness (QED) is 0.318. The number of nitrogens with zero attached hydrogens (tertiary/aromatic N) is 2. The van der Waals surface area contributed by atoms with Crippen LogP contribution in [0.15, 0.2) is 46.8 Å². The highest BCUT2D eigenvalue weighted by Gasteiger charge is 2.73. The van der Waals surface area contributed by atoms with Crippen LogP contribution in [0.2, 0.25) is 0 Å². The van der Waals surface area contributed by atoms with Crippen molar-refractivity contribution in [2.24, 2.45) is 5.92 Å². The maximum absolute atomic E-state index is 13.9. The molecule has 6 nitrogen and oxygen atoms in total. The van der Waals surface area contributed by atoms with E-state index in [-0.39, 0.29) is 24.1 Å². The van der Waals surface area contributed by atoms with Crippen LogP contribution < -0.4 is 9.47 Å². The summed E-state index contributed by atoms with van der Waals surface area (Å²) in [4.78, 5) is 19.3. The summed E-state index contributed by atoms with van der Waals surface area (Å²) in [5.41, 5.74) is 0.797. The highest BCUT2D eigenvalue weighted by Crippen LogP contribution is 2.66. The number of thiophene rings is 1. The zero-order valence-electron chi connectivity index (χ0n) is 22.9. The first kappa shape index (κ1) is 27.1. The molecular weight excluding hydrogens is 576 g/mol. The number of likely N-dealkylation sites (tertiary alicyclic amines) is 1. The molecule has 6 rings (SSSR count). The Morgan fingerprint density at radius 1 is 1.41 bits per heavy atom. The summed E-state index contributed by atoms with van der Waals surface area (Å²) >= 11 is 5.10. The number of rotatable bonds is 8. The van der Waals surface area contributed by atoms with Gasteiger partial charge in [-0.05, 0) is 77.8 Å². The third-order valence-corrected chi connectivity index (χ3v) is 11.0. The molecule has 208 valence electrons. The number of halogens is 1. The van der Waals surface area contributed by atoms with Crippen LogP contribution >= 0.6 is 27.3 Å². The Balaban J connectivity index is 1.44. The minimum atomic E-state index is -0.953. The zero-order chi connectivity index (χ0) is 27.5. The number of aliphatic hydroxyl groups is 1. The van der Waals surface area contributed by atoms with Gasteiger partial charge in [0.2, 0.25) is 5.91 Å². The van der Waals surface area contributed by atoms with E-state index in [9.17, 15) is 9.90 Å². The van der Waals surface area contributed by atoms with Crippen molar-refractivity contribution in [1.82, 2.24) is 9.80 Å². The van der Waals surface area contributed by atoms with Crippen molar-refractivity contribution in [2.75, 3.05) is 26.7 Å². The highest BCUT2D eigenvalue weighted by molar-refractivity contribution is 9.10. The van der Waals surface area contributed by atoms with Crippen molar-refractivity contribution in [3.63, 3.8) is 0 Å². The first-order valence-electron chi connectivity index (χ1n) is 13.9. The normalized spacial score (nSPS) is 30.8. The molecule has 1 aromatic heterocycles. The number of carbonyl (C=O) groups is 1. The molecule has 0 radical (unpaired) electrons. The average Bonchev–Trinajstić information content (AvgIpc) is 3.48. The second kappa shape index (κ2) is 10.1. The number of hydrogen-bond acceptors (Lipinski definition) is 6. The third kappa shape index (κ3) is 4.04. The number of ether oxygens (including phenoxy) is 2. The molecule has 39 heavy (non-hydrogen) atoms. The lowest BCUT2D eigenvalue weighted by Gasteiger charge is -2.64. The number of hydrogen-bond donors (Lipinski definition) is 1. The van der Waals surface area contributed by atoms with Crippen LogP contribution in [0.5, 0.6) is 11.5 Å². The Kier molecular flexibility index (Phi) is 6.97. The van der Waals surface area contributed by atoms with E-state index in [1.165, 1.54) is 5.56 Å². The van der Waals surface area contributed by atoms with E-state index in [1.807, 2.05) is 34.6 Å². The van der Waals surface area contributed by atoms with Crippen LogP contribution in [-0.2, 0) is 16.6 Å². The van der Waals surface area contributed by atoms with Gasteiger partial charge < -0.3 is 19.5 Å². The number of carbonyl (C=O) groups excluding carboxylic acids is 1. The first-order chi connectivity index (χ1) is 18.7. The van der Waals surface area contributed by atoms with Crippen molar-refractivity contribution in [3.8, 4) is 11.5 Å². The van der Waals surface area contributed by atoms with Crippen LogP contribution in [0.3, 0.4) is 0 Å². The molecule has 1 saturated carbocycles. The van der Waals surface area contributed by atoms with Crippen LogP contribution in [0.25, 0.3) is 6.08 Å². The van der Waals surface area contributed by atoms with Crippen molar-refractivity contribution >= 4 is 39.2 Å². The van der Waals surface area contributed by atoms with Crippen LogP contribution in [-0.4, -0.2) is 71.3 Å². The molecular formula is C31H37BrN2O4S. The van der Waals surface area contributed by atoms with Crippen molar-refractivity contribution in [2.45, 2.75) is 68.7 Å². The molecule has 2 aliphatic carbocycles. The first-order valence-corrected chi connectivity index (χ1v) is 15.6. The lowest BCUT2D eigenvalue weighted by atomic mass is 9.48. The third-order valence-electron chi connectivity index (χ3n) is 9.33. The standard InChI is InChI=1S/C31H37BrN2O4S/c1-5-13-33-14-12-30-27-20-6-8-24(37-4)28(27)38-29(30)23(10-11-31(30,36)25(33)15-20)34(17-19(2)3)26(35)9-7-22-16-21(32)18-39-22/h5-9,16,18-19,23,25,29,36H,1,10-15,17H2,2-4H3/b9-7+/t23-,25+,29-,30-,31+/m0/s1. The fraction of sp³-hybridized carbons (Fsp3) is 0.516. The Bertz CT molecular complexity index is 1320. The topological polar surface area (TPSA) is 62.2 Å². The van der Waals surface area contributed by atoms with Gasteiger partial charge in [-0.2, -0.15) is 0 Å². The largest absolute Gasteiger partial charge is 0.493 e. The molecule has 1 N–H and O–H groups in total. The molecule has 2 bridgehead atoms. The predicted molar refractivity (Wildman–Crippen MR) is 159 cm³/mol. The number of benzene rings is 1. The number of piperidine rings is 1. The van der Waals surface area contributed by atoms with Gasteiger partial charge in [-0.15, -0.1) is 17.9 Å². The Hall–Kier alpha value is -2.13. The molecule has 1 aromatic carbocycles. The minimum Gasteiger partial charge on any atom is -0.493 e. The average molecular weight is 614 g/mol. The molecule has 1 spiro atoms. The Morgan fingerprint density at radius 2 is 2.23 bits per heavy atom. The smallest absolute Gasteiger partial charge is 0.246 e. The van der Waals surface area contributed by atoms with Crippen LogP contribution in [0.4, 0.5) is 0 Å². The summed E-state index contributed by atoms with van der Waals surface area (Å²) in [5.74, 6) is 1.74. The molecule has 2 aromatic rings. The van der Waals surface area contributed by atoms with Crippen molar-refractivity contribution in [3.05, 3.63) is 62.8 Å². The summed E-state index contributed by atoms with van der Waals surface area (Å²) in [7, 11) is 1.67. The van der Waals surface area contributed by atoms with Gasteiger partial charge in [0.05, 0.1) is 24.2 Å². The molecule has 2 fully saturated rings. The van der Waals surface area contributed by atoms with E-state index >= 15 is 0 Å². The van der Waals surface area contributed by atoms with Gasteiger partial charge in [0.1, 0.15) is 6.10 Å². The molecule has 1 amide bonds. The molecule has 8 heteroatoms. The fourth-order valence-corrected chi connectivity index (χ4v) is 9.24. The Labute approximate surface area is 243 Å². The molecule has 3 heterocycles. The van der Waals surface area contributed by atoms with E-state index in [0.717, 1.165) is 46.6 Å². The molecule has 4 aliphatic rings. The fourth-order valence-electron chi connectivity index (χ4n) is 7.91. The van der Waals surface area contributed by atoms with E-state index in [4.69, 9.17) is 9.47 Å². The van der Waals surface area contributed by atoms with Gasteiger partial charge >= 0.3 is 0 Å². The second-order valence-electron chi connectivity index (χ2n) is 11.8. The van der Waals surface area contributed by atoms with Crippen molar-refractivity contribution < 1.29 is 19.4 Å². The zero-order valence-corrected chi connectivity index (χ0v) is 25.3. The summed E-state index contributed by atoms with van der Waals surface area (Å²) in [6.45, 7) is 10.5. The second-order valence-corrected chi connectivity index (χ2v) is 13.7. The van der Waals surface area contributed by atoms with Gasteiger partial charge in [-0.3, -0.25) is 9.69 Å². The van der Waals surface area contributed by atoms with Crippen LogP contribution in [0, 0.1) is 5.92 Å². The SMILES string of the molecule is C=CCN1CC[C@]23c4c5ccc(OC)c4O[C@H]2[C@@H](N(CC(C)C)C(=O)/C=C/c2cc(Br)cs2)CC[C@@]3(O)[C@H]1C5.